The van der Waals surface area contributed by atoms with Crippen molar-refractivity contribution in [2.24, 2.45) is 0 Å². The average Bonchev–Trinajstić information content (AvgIpc) is 3.66. The van der Waals surface area contributed by atoms with Crippen LogP contribution in [0, 0.1) is 0 Å². The summed E-state index contributed by atoms with van der Waals surface area (Å²) in [5.74, 6) is 0. The zero-order valence-electron chi connectivity index (χ0n) is 30.6. The van der Waals surface area contributed by atoms with Crippen LogP contribution in [0.15, 0.2) is 217 Å². The van der Waals surface area contributed by atoms with E-state index in [0.29, 0.717) is 0 Å². The summed E-state index contributed by atoms with van der Waals surface area (Å²) < 4.78 is 6.27. The Hall–Kier alpha value is -7.42. The summed E-state index contributed by atoms with van der Waals surface area (Å²) in [4.78, 5) is 2.42. The molecule has 0 unspecified atom stereocenters. The summed E-state index contributed by atoms with van der Waals surface area (Å²) in [6.45, 7) is 0. The topological polar surface area (TPSA) is 16.4 Å². The zero-order valence-corrected chi connectivity index (χ0v) is 30.6. The maximum atomic E-state index is 6.27. The summed E-state index contributed by atoms with van der Waals surface area (Å²) in [5.41, 5.74) is 12.1. The maximum absolute atomic E-state index is 6.27. The first-order valence-corrected chi connectivity index (χ1v) is 19.2. The van der Waals surface area contributed by atoms with Crippen molar-refractivity contribution in [1.82, 2.24) is 0 Å². The molecule has 0 saturated heterocycles. The third-order valence-corrected chi connectivity index (χ3v) is 11.2. The highest BCUT2D eigenvalue weighted by Crippen LogP contribution is 2.46. The quantitative estimate of drug-likeness (QED) is 0.160. The van der Waals surface area contributed by atoms with Crippen LogP contribution in [0.1, 0.15) is 0 Å². The summed E-state index contributed by atoms with van der Waals surface area (Å²) in [5, 5.41) is 9.73. The molecule has 2 heteroatoms. The SMILES string of the molecule is c1cc(-c2cccc3ccccc23)cc(N(c2ccc(-c3cccc4oc5ccccc5c34)cc2)c2ccccc2-c2cc3ccccc3c3ccccc23)c1. The smallest absolute Gasteiger partial charge is 0.136 e. The Morgan fingerprint density at radius 1 is 0.304 bits per heavy atom. The molecule has 10 aromatic carbocycles. The molecular formula is C54H35NO. The Kier molecular flexibility index (Phi) is 7.53. The lowest BCUT2D eigenvalue weighted by Crippen LogP contribution is -2.11. The molecule has 0 aliphatic rings. The predicted octanol–water partition coefficient (Wildman–Crippen LogP) is 15.5. The summed E-state index contributed by atoms with van der Waals surface area (Å²) >= 11 is 0. The molecule has 0 atom stereocenters. The highest BCUT2D eigenvalue weighted by molar-refractivity contribution is 6.15. The first-order valence-electron chi connectivity index (χ1n) is 19.2. The summed E-state index contributed by atoms with van der Waals surface area (Å²) in [6.07, 6.45) is 0. The van der Waals surface area contributed by atoms with Gasteiger partial charge in [-0.3, -0.25) is 0 Å². The molecule has 0 spiro atoms. The lowest BCUT2D eigenvalue weighted by Gasteiger charge is -2.29. The number of fused-ring (bicyclic) bond motifs is 7. The van der Waals surface area contributed by atoms with Crippen molar-refractivity contribution in [3.8, 4) is 33.4 Å². The molecule has 2 nitrogen and oxygen atoms in total. The molecule has 262 valence electrons. The van der Waals surface area contributed by atoms with E-state index in [-0.39, 0.29) is 0 Å². The third kappa shape index (κ3) is 5.26. The lowest BCUT2D eigenvalue weighted by molar-refractivity contribution is 0.669. The first-order chi connectivity index (χ1) is 27.8. The molecule has 0 aliphatic carbocycles. The molecule has 0 amide bonds. The van der Waals surface area contributed by atoms with Crippen molar-refractivity contribution in [2.45, 2.75) is 0 Å². The van der Waals surface area contributed by atoms with Gasteiger partial charge in [-0.25, -0.2) is 0 Å². The monoisotopic (exact) mass is 713 g/mol. The highest BCUT2D eigenvalue weighted by atomic mass is 16.3. The van der Waals surface area contributed by atoms with Crippen LogP contribution in [0.5, 0.6) is 0 Å². The summed E-state index contributed by atoms with van der Waals surface area (Å²) in [7, 11) is 0. The van der Waals surface area contributed by atoms with Crippen LogP contribution >= 0.6 is 0 Å². The van der Waals surface area contributed by atoms with Crippen LogP contribution in [0.2, 0.25) is 0 Å². The second-order valence-electron chi connectivity index (χ2n) is 14.4. The zero-order chi connectivity index (χ0) is 37.0. The van der Waals surface area contributed by atoms with Crippen LogP contribution in [-0.2, 0) is 0 Å². The minimum Gasteiger partial charge on any atom is -0.456 e. The second-order valence-corrected chi connectivity index (χ2v) is 14.4. The lowest BCUT2D eigenvalue weighted by atomic mass is 9.92. The predicted molar refractivity (Wildman–Crippen MR) is 237 cm³/mol. The van der Waals surface area contributed by atoms with Crippen molar-refractivity contribution < 1.29 is 4.42 Å². The van der Waals surface area contributed by atoms with E-state index in [1.54, 1.807) is 0 Å². The van der Waals surface area contributed by atoms with E-state index in [4.69, 9.17) is 4.42 Å². The molecule has 11 rings (SSSR count). The number of nitrogens with zero attached hydrogens (tertiary/aromatic N) is 1. The number of furan rings is 1. The number of anilines is 3. The molecule has 11 aromatic rings. The molecule has 1 aromatic heterocycles. The highest BCUT2D eigenvalue weighted by Gasteiger charge is 2.21. The number of para-hydroxylation sites is 2. The van der Waals surface area contributed by atoms with Crippen molar-refractivity contribution >= 4 is 71.3 Å². The van der Waals surface area contributed by atoms with Crippen LogP contribution in [-0.4, -0.2) is 0 Å². The van der Waals surface area contributed by atoms with E-state index in [0.717, 1.165) is 50.1 Å². The van der Waals surface area contributed by atoms with Crippen LogP contribution in [0.4, 0.5) is 17.1 Å². The third-order valence-electron chi connectivity index (χ3n) is 11.2. The van der Waals surface area contributed by atoms with Crippen LogP contribution in [0.3, 0.4) is 0 Å². The van der Waals surface area contributed by atoms with Crippen molar-refractivity contribution in [3.63, 3.8) is 0 Å². The largest absolute Gasteiger partial charge is 0.456 e. The number of rotatable bonds is 6. The minimum atomic E-state index is 0.899. The van der Waals surface area contributed by atoms with E-state index in [9.17, 15) is 0 Å². The normalized spacial score (nSPS) is 11.6. The van der Waals surface area contributed by atoms with Gasteiger partial charge in [-0.1, -0.05) is 164 Å². The van der Waals surface area contributed by atoms with E-state index in [1.807, 2.05) is 12.1 Å². The molecule has 0 bridgehead atoms. The van der Waals surface area contributed by atoms with Gasteiger partial charge in [0.15, 0.2) is 0 Å². The van der Waals surface area contributed by atoms with Gasteiger partial charge in [-0.2, -0.15) is 0 Å². The Bertz CT molecular complexity index is 3260. The van der Waals surface area contributed by atoms with Gasteiger partial charge in [0, 0.05) is 27.7 Å². The molecular weight excluding hydrogens is 679 g/mol. The van der Waals surface area contributed by atoms with Crippen molar-refractivity contribution in [1.29, 1.82) is 0 Å². The van der Waals surface area contributed by atoms with Gasteiger partial charge in [0.2, 0.25) is 0 Å². The van der Waals surface area contributed by atoms with Gasteiger partial charge in [0.1, 0.15) is 11.2 Å². The van der Waals surface area contributed by atoms with E-state index >= 15 is 0 Å². The molecule has 0 aliphatic heterocycles. The van der Waals surface area contributed by atoms with Gasteiger partial charge < -0.3 is 9.32 Å². The van der Waals surface area contributed by atoms with Gasteiger partial charge >= 0.3 is 0 Å². The fourth-order valence-corrected chi connectivity index (χ4v) is 8.70. The van der Waals surface area contributed by atoms with Gasteiger partial charge in [-0.15, -0.1) is 0 Å². The Morgan fingerprint density at radius 3 is 1.79 bits per heavy atom. The summed E-state index contributed by atoms with van der Waals surface area (Å²) in [6, 6.07) is 76.6. The van der Waals surface area contributed by atoms with Crippen molar-refractivity contribution in [2.75, 3.05) is 4.90 Å². The van der Waals surface area contributed by atoms with E-state index < -0.39 is 0 Å². The molecule has 0 N–H and O–H groups in total. The van der Waals surface area contributed by atoms with Gasteiger partial charge in [0.25, 0.3) is 0 Å². The molecule has 56 heavy (non-hydrogen) atoms. The van der Waals surface area contributed by atoms with Gasteiger partial charge in [0.05, 0.1) is 5.69 Å². The Morgan fingerprint density at radius 2 is 0.911 bits per heavy atom. The number of hydrogen-bond donors (Lipinski definition) is 0. The van der Waals surface area contributed by atoms with Crippen LogP contribution in [0.25, 0.3) is 87.6 Å². The standard InChI is InChI=1S/C54H35NO/c1-3-19-42-36(14-1)16-12-25-43(42)38-17-11-18-41(34-38)55(40-32-30-37(31-33-40)45-26-13-29-53-54(45)49-24-8-10-28-52(49)56-53)51-27-9-7-23-48(51)50-35-39-15-2-4-20-44(39)46-21-5-6-22-47(46)50/h1-35H. The fraction of sp³-hybridized carbons (Fsp3) is 0. The van der Waals surface area contributed by atoms with E-state index in [2.05, 4.69) is 205 Å². The number of hydrogen-bond acceptors (Lipinski definition) is 2. The molecule has 0 saturated carbocycles. The van der Waals surface area contributed by atoms with Crippen molar-refractivity contribution in [3.05, 3.63) is 212 Å². The Balaban J connectivity index is 1.12. The van der Waals surface area contributed by atoms with E-state index in [1.165, 1.54) is 54.6 Å². The first kappa shape index (κ1) is 32.0. The second kappa shape index (κ2) is 13.2. The average molecular weight is 714 g/mol. The molecule has 1 heterocycles. The Labute approximate surface area is 325 Å². The molecule has 0 radical (unpaired) electrons. The molecule has 0 fully saturated rings. The minimum absolute atomic E-state index is 0.899. The van der Waals surface area contributed by atoms with Crippen LogP contribution < -0.4 is 4.90 Å². The maximum Gasteiger partial charge on any atom is 0.136 e. The number of benzene rings is 10. The fourth-order valence-electron chi connectivity index (χ4n) is 8.70. The van der Waals surface area contributed by atoms with Gasteiger partial charge in [-0.05, 0) is 109 Å².